The lowest BCUT2D eigenvalue weighted by atomic mass is 10.0. The van der Waals surface area contributed by atoms with E-state index in [4.69, 9.17) is 32.5 Å². The maximum Gasteiger partial charge on any atom is 0.229 e. The van der Waals surface area contributed by atoms with Crippen molar-refractivity contribution in [2.45, 2.75) is 51.9 Å². The number of hydrogen-bond acceptors (Lipinski definition) is 4. The van der Waals surface area contributed by atoms with Crippen molar-refractivity contribution in [3.8, 4) is 17.1 Å². The van der Waals surface area contributed by atoms with E-state index in [-0.39, 0.29) is 5.92 Å². The van der Waals surface area contributed by atoms with Crippen LogP contribution in [0.2, 0.25) is 10.0 Å². The minimum atomic E-state index is 0.286. The van der Waals surface area contributed by atoms with Crippen molar-refractivity contribution in [3.05, 3.63) is 64.0 Å². The first-order chi connectivity index (χ1) is 14.1. The molecule has 1 heterocycles. The molecule has 0 aliphatic heterocycles. The molecule has 0 radical (unpaired) electrons. The van der Waals surface area contributed by atoms with Crippen molar-refractivity contribution in [1.82, 2.24) is 10.1 Å². The number of ether oxygens (including phenoxy) is 1. The molecule has 4 nitrogen and oxygen atoms in total. The van der Waals surface area contributed by atoms with Gasteiger partial charge < -0.3 is 9.26 Å². The maximum atomic E-state index is 6.05. The Kier molecular flexibility index (Phi) is 7.96. The molecule has 154 valence electrons. The monoisotopic (exact) mass is 432 g/mol. The first-order valence-corrected chi connectivity index (χ1v) is 10.8. The third-order valence-corrected chi connectivity index (χ3v) is 5.57. The molecule has 0 spiro atoms. The van der Waals surface area contributed by atoms with Gasteiger partial charge in [-0.05, 0) is 61.2 Å². The number of rotatable bonds is 10. The van der Waals surface area contributed by atoms with Crippen LogP contribution in [-0.2, 0) is 6.42 Å². The molecule has 0 aliphatic carbocycles. The molecule has 2 aromatic carbocycles. The highest BCUT2D eigenvalue weighted by Crippen LogP contribution is 2.25. The van der Waals surface area contributed by atoms with Crippen LogP contribution < -0.4 is 4.74 Å². The van der Waals surface area contributed by atoms with Crippen molar-refractivity contribution in [3.63, 3.8) is 0 Å². The van der Waals surface area contributed by atoms with Gasteiger partial charge in [-0.15, -0.1) is 0 Å². The zero-order chi connectivity index (χ0) is 20.6. The zero-order valence-electron chi connectivity index (χ0n) is 16.8. The second kappa shape index (κ2) is 10.7. The van der Waals surface area contributed by atoms with E-state index in [0.29, 0.717) is 28.4 Å². The lowest BCUT2D eigenvalue weighted by molar-refractivity contribution is 0.311. The third kappa shape index (κ3) is 6.22. The van der Waals surface area contributed by atoms with Crippen LogP contribution >= 0.6 is 23.2 Å². The highest BCUT2D eigenvalue weighted by Gasteiger charge is 2.14. The fourth-order valence-electron chi connectivity index (χ4n) is 3.05. The zero-order valence-corrected chi connectivity index (χ0v) is 18.3. The second-order valence-electron chi connectivity index (χ2n) is 7.22. The van der Waals surface area contributed by atoms with Crippen LogP contribution in [-0.4, -0.2) is 16.7 Å². The Bertz CT molecular complexity index is 909. The summed E-state index contributed by atoms with van der Waals surface area (Å²) < 4.78 is 11.3. The summed E-state index contributed by atoms with van der Waals surface area (Å²) in [6, 6.07) is 13.5. The first-order valence-electron chi connectivity index (χ1n) is 10.1. The van der Waals surface area contributed by atoms with Crippen LogP contribution in [0.1, 0.15) is 56.9 Å². The highest BCUT2D eigenvalue weighted by atomic mass is 35.5. The predicted molar refractivity (Wildman–Crippen MR) is 118 cm³/mol. The average Bonchev–Trinajstić information content (AvgIpc) is 3.23. The molecule has 6 heteroatoms. The number of hydrogen-bond donors (Lipinski definition) is 0. The van der Waals surface area contributed by atoms with Gasteiger partial charge in [-0.2, -0.15) is 4.98 Å². The van der Waals surface area contributed by atoms with E-state index >= 15 is 0 Å². The highest BCUT2D eigenvalue weighted by molar-refractivity contribution is 6.42. The van der Waals surface area contributed by atoms with Gasteiger partial charge >= 0.3 is 0 Å². The summed E-state index contributed by atoms with van der Waals surface area (Å²) in [5, 5.41) is 5.29. The van der Waals surface area contributed by atoms with Crippen molar-refractivity contribution < 1.29 is 9.26 Å². The quantitative estimate of drug-likeness (QED) is 0.314. The molecule has 0 saturated carbocycles. The van der Waals surface area contributed by atoms with Crippen LogP contribution in [0.4, 0.5) is 0 Å². The third-order valence-electron chi connectivity index (χ3n) is 4.83. The predicted octanol–water partition coefficient (Wildman–Crippen LogP) is 7.35. The molecular weight excluding hydrogens is 407 g/mol. The molecule has 0 amide bonds. The van der Waals surface area contributed by atoms with Crippen molar-refractivity contribution >= 4 is 23.2 Å². The van der Waals surface area contributed by atoms with E-state index in [1.807, 2.05) is 42.5 Å². The van der Waals surface area contributed by atoms with Gasteiger partial charge in [-0.3, -0.25) is 0 Å². The number of unbranched alkanes of at least 4 members (excludes halogenated alkanes) is 1. The summed E-state index contributed by atoms with van der Waals surface area (Å²) in [6.45, 7) is 4.94. The summed E-state index contributed by atoms with van der Waals surface area (Å²) in [5.41, 5.74) is 2.07. The molecule has 0 fully saturated rings. The van der Waals surface area contributed by atoms with Crippen molar-refractivity contribution in [1.29, 1.82) is 0 Å². The van der Waals surface area contributed by atoms with E-state index in [2.05, 4.69) is 24.0 Å². The van der Waals surface area contributed by atoms with E-state index in [0.717, 1.165) is 42.6 Å². The molecule has 1 aromatic heterocycles. The van der Waals surface area contributed by atoms with Crippen molar-refractivity contribution in [2.75, 3.05) is 6.61 Å². The van der Waals surface area contributed by atoms with Gasteiger partial charge in [0.15, 0.2) is 0 Å². The lowest BCUT2D eigenvalue weighted by Gasteiger charge is -2.07. The Morgan fingerprint density at radius 3 is 2.55 bits per heavy atom. The van der Waals surface area contributed by atoms with E-state index in [1.165, 1.54) is 6.42 Å². The van der Waals surface area contributed by atoms with Gasteiger partial charge in [0, 0.05) is 11.5 Å². The average molecular weight is 433 g/mol. The normalized spacial score (nSPS) is 12.1. The van der Waals surface area contributed by atoms with Crippen LogP contribution in [0.5, 0.6) is 5.75 Å². The van der Waals surface area contributed by atoms with Crippen LogP contribution in [0, 0.1) is 0 Å². The largest absolute Gasteiger partial charge is 0.494 e. The van der Waals surface area contributed by atoms with Crippen LogP contribution in [0.15, 0.2) is 47.0 Å². The Morgan fingerprint density at radius 2 is 1.83 bits per heavy atom. The Balaban J connectivity index is 1.48. The summed E-state index contributed by atoms with van der Waals surface area (Å²) in [7, 11) is 0. The molecular formula is C23H26Cl2N2O2. The number of aromatic nitrogens is 2. The fraction of sp³-hybridized carbons (Fsp3) is 0.391. The summed E-state index contributed by atoms with van der Waals surface area (Å²) in [4.78, 5) is 4.55. The molecule has 0 aliphatic rings. The molecule has 0 N–H and O–H groups in total. The molecule has 0 bridgehead atoms. The van der Waals surface area contributed by atoms with Crippen LogP contribution in [0.3, 0.4) is 0 Å². The molecule has 0 saturated heterocycles. The Labute approximate surface area is 182 Å². The topological polar surface area (TPSA) is 48.2 Å². The maximum absolute atomic E-state index is 6.05. The molecule has 29 heavy (non-hydrogen) atoms. The van der Waals surface area contributed by atoms with Gasteiger partial charge in [0.1, 0.15) is 5.75 Å². The standard InChI is InChI=1S/C23H26Cl2N2O2/c1-3-4-6-16(2)23-26-22(27-29-23)18-9-11-19(12-10-18)28-14-5-7-17-8-13-20(24)21(25)15-17/h8-13,15-16H,3-7,14H2,1-2H3. The number of halogens is 2. The SMILES string of the molecule is CCCCC(C)c1nc(-c2ccc(OCCCc3ccc(Cl)c(Cl)c3)cc2)no1. The van der Waals surface area contributed by atoms with Gasteiger partial charge in [-0.1, -0.05) is 61.1 Å². The summed E-state index contributed by atoms with van der Waals surface area (Å²) >= 11 is 12.0. The molecule has 1 atom stereocenters. The van der Waals surface area contributed by atoms with Gasteiger partial charge in [0.25, 0.3) is 0 Å². The van der Waals surface area contributed by atoms with Gasteiger partial charge in [0.05, 0.1) is 16.7 Å². The van der Waals surface area contributed by atoms with Gasteiger partial charge in [0.2, 0.25) is 11.7 Å². The Hall–Kier alpha value is -2.04. The van der Waals surface area contributed by atoms with E-state index in [9.17, 15) is 0 Å². The number of benzene rings is 2. The lowest BCUT2D eigenvalue weighted by Crippen LogP contribution is -1.99. The minimum absolute atomic E-state index is 0.286. The summed E-state index contributed by atoms with van der Waals surface area (Å²) in [6.07, 6.45) is 5.17. The van der Waals surface area contributed by atoms with Crippen LogP contribution in [0.25, 0.3) is 11.4 Å². The van der Waals surface area contributed by atoms with E-state index in [1.54, 1.807) is 0 Å². The molecule has 3 aromatic rings. The van der Waals surface area contributed by atoms with Crippen molar-refractivity contribution in [2.24, 2.45) is 0 Å². The smallest absolute Gasteiger partial charge is 0.229 e. The number of nitrogens with zero attached hydrogens (tertiary/aromatic N) is 2. The molecule has 3 rings (SSSR count). The fourth-order valence-corrected chi connectivity index (χ4v) is 3.37. The van der Waals surface area contributed by atoms with E-state index < -0.39 is 0 Å². The minimum Gasteiger partial charge on any atom is -0.494 e. The summed E-state index contributed by atoms with van der Waals surface area (Å²) in [5.74, 6) is 2.43. The van der Waals surface area contributed by atoms with Gasteiger partial charge in [-0.25, -0.2) is 0 Å². The Morgan fingerprint density at radius 1 is 1.03 bits per heavy atom. The molecule has 1 unspecified atom stereocenters. The second-order valence-corrected chi connectivity index (χ2v) is 8.04. The first kappa shape index (κ1) is 21.7. The number of aryl methyl sites for hydroxylation is 1.